The monoisotopic (exact) mass is 268 g/mol. The standard InChI is InChI=1S/C14H21ClN2O/c1-17(11-5-4-8-16-9-11)10-12-13(15)6-3-7-14(12)18-2/h3,6-7,11,16H,4-5,8-10H2,1-2H3. The summed E-state index contributed by atoms with van der Waals surface area (Å²) in [5, 5.41) is 4.22. The summed E-state index contributed by atoms with van der Waals surface area (Å²) in [6, 6.07) is 6.40. The molecule has 4 heteroatoms. The number of nitrogens with zero attached hydrogens (tertiary/aromatic N) is 1. The highest BCUT2D eigenvalue weighted by Gasteiger charge is 2.19. The average molecular weight is 269 g/mol. The summed E-state index contributed by atoms with van der Waals surface area (Å²) in [6.07, 6.45) is 2.49. The number of rotatable bonds is 4. The lowest BCUT2D eigenvalue weighted by Crippen LogP contribution is -2.43. The van der Waals surface area contributed by atoms with Gasteiger partial charge in [0.2, 0.25) is 0 Å². The lowest BCUT2D eigenvalue weighted by molar-refractivity contribution is 0.194. The molecule has 2 rings (SSSR count). The fourth-order valence-electron chi connectivity index (χ4n) is 2.47. The summed E-state index contributed by atoms with van der Waals surface area (Å²) in [6.45, 7) is 3.03. The molecule has 0 saturated carbocycles. The Balaban J connectivity index is 2.08. The van der Waals surface area contributed by atoms with E-state index in [9.17, 15) is 0 Å². The molecule has 0 radical (unpaired) electrons. The molecule has 1 aromatic carbocycles. The van der Waals surface area contributed by atoms with Crippen LogP contribution in [0.1, 0.15) is 18.4 Å². The molecule has 0 amide bonds. The molecule has 1 aliphatic heterocycles. The van der Waals surface area contributed by atoms with Crippen molar-refractivity contribution in [2.75, 3.05) is 27.2 Å². The van der Waals surface area contributed by atoms with Crippen molar-refractivity contribution >= 4 is 11.6 Å². The minimum Gasteiger partial charge on any atom is -0.496 e. The molecule has 0 aliphatic carbocycles. The number of hydrogen-bond acceptors (Lipinski definition) is 3. The summed E-state index contributed by atoms with van der Waals surface area (Å²) in [7, 11) is 3.85. The van der Waals surface area contributed by atoms with E-state index in [1.165, 1.54) is 12.8 Å². The number of nitrogens with one attached hydrogen (secondary N) is 1. The Morgan fingerprint density at radius 3 is 3.00 bits per heavy atom. The lowest BCUT2D eigenvalue weighted by Gasteiger charge is -2.32. The quantitative estimate of drug-likeness (QED) is 0.908. The first-order chi connectivity index (χ1) is 8.72. The van der Waals surface area contributed by atoms with E-state index in [4.69, 9.17) is 16.3 Å². The Labute approximate surface area is 114 Å². The van der Waals surface area contributed by atoms with Gasteiger partial charge < -0.3 is 10.1 Å². The molecule has 1 heterocycles. The Kier molecular flexibility index (Phi) is 4.87. The maximum Gasteiger partial charge on any atom is 0.124 e. The number of likely N-dealkylation sites (N-methyl/N-ethyl adjacent to an activating group) is 1. The van der Waals surface area contributed by atoms with Crippen molar-refractivity contribution in [3.63, 3.8) is 0 Å². The third kappa shape index (κ3) is 3.16. The summed E-state index contributed by atoms with van der Waals surface area (Å²) in [5.41, 5.74) is 1.08. The average Bonchev–Trinajstić information content (AvgIpc) is 2.42. The Morgan fingerprint density at radius 2 is 2.33 bits per heavy atom. The van der Waals surface area contributed by atoms with Crippen molar-refractivity contribution in [1.29, 1.82) is 0 Å². The number of ether oxygens (including phenoxy) is 1. The molecule has 1 aromatic rings. The maximum absolute atomic E-state index is 6.27. The largest absolute Gasteiger partial charge is 0.496 e. The Bertz CT molecular complexity index is 391. The molecule has 1 aliphatic rings. The van der Waals surface area contributed by atoms with Crippen molar-refractivity contribution < 1.29 is 4.74 Å². The van der Waals surface area contributed by atoms with Crippen LogP contribution in [0.3, 0.4) is 0 Å². The number of halogens is 1. The first-order valence-electron chi connectivity index (χ1n) is 6.44. The maximum atomic E-state index is 6.27. The molecule has 1 N–H and O–H groups in total. The summed E-state index contributed by atoms with van der Waals surface area (Å²) in [4.78, 5) is 2.36. The molecule has 3 nitrogen and oxygen atoms in total. The van der Waals surface area contributed by atoms with Gasteiger partial charge in [0.25, 0.3) is 0 Å². The van der Waals surface area contributed by atoms with Crippen LogP contribution in [0.25, 0.3) is 0 Å². The normalized spacial score (nSPS) is 20.1. The second-order valence-electron chi connectivity index (χ2n) is 4.84. The minimum absolute atomic E-state index is 0.583. The van der Waals surface area contributed by atoms with Gasteiger partial charge in [0.1, 0.15) is 5.75 Å². The Hall–Kier alpha value is -0.770. The van der Waals surface area contributed by atoms with Crippen LogP contribution in [0.4, 0.5) is 0 Å². The summed E-state index contributed by atoms with van der Waals surface area (Å²) in [5.74, 6) is 0.873. The Morgan fingerprint density at radius 1 is 1.50 bits per heavy atom. The number of benzene rings is 1. The van der Waals surface area contributed by atoms with E-state index in [0.29, 0.717) is 6.04 Å². The van der Waals surface area contributed by atoms with Crippen LogP contribution in [-0.2, 0) is 6.54 Å². The highest BCUT2D eigenvalue weighted by atomic mass is 35.5. The van der Waals surface area contributed by atoms with Gasteiger partial charge in [0.05, 0.1) is 7.11 Å². The molecule has 0 bridgehead atoms. The van der Waals surface area contributed by atoms with E-state index in [-0.39, 0.29) is 0 Å². The van der Waals surface area contributed by atoms with Gasteiger partial charge in [-0.05, 0) is 38.6 Å². The third-order valence-corrected chi connectivity index (χ3v) is 3.95. The topological polar surface area (TPSA) is 24.5 Å². The van der Waals surface area contributed by atoms with Gasteiger partial charge in [-0.15, -0.1) is 0 Å². The zero-order chi connectivity index (χ0) is 13.0. The van der Waals surface area contributed by atoms with Gasteiger partial charge in [0.15, 0.2) is 0 Å². The first kappa shape index (κ1) is 13.7. The molecule has 1 saturated heterocycles. The second kappa shape index (κ2) is 6.41. The van der Waals surface area contributed by atoms with Crippen LogP contribution in [0, 0.1) is 0 Å². The van der Waals surface area contributed by atoms with E-state index in [2.05, 4.69) is 17.3 Å². The van der Waals surface area contributed by atoms with E-state index in [1.54, 1.807) is 7.11 Å². The second-order valence-corrected chi connectivity index (χ2v) is 5.24. The molecular weight excluding hydrogens is 248 g/mol. The summed E-state index contributed by atoms with van der Waals surface area (Å²) >= 11 is 6.27. The molecule has 0 aromatic heterocycles. The smallest absolute Gasteiger partial charge is 0.124 e. The predicted octanol–water partition coefficient (Wildman–Crippen LogP) is 2.53. The highest BCUT2D eigenvalue weighted by Crippen LogP contribution is 2.28. The lowest BCUT2D eigenvalue weighted by atomic mass is 10.1. The zero-order valence-electron chi connectivity index (χ0n) is 11.1. The van der Waals surface area contributed by atoms with Crippen molar-refractivity contribution in [2.24, 2.45) is 0 Å². The SMILES string of the molecule is COc1cccc(Cl)c1CN(C)C1CCCNC1. The van der Waals surface area contributed by atoms with Crippen molar-refractivity contribution in [1.82, 2.24) is 10.2 Å². The van der Waals surface area contributed by atoms with Crippen LogP contribution in [0.5, 0.6) is 5.75 Å². The van der Waals surface area contributed by atoms with E-state index in [1.807, 2.05) is 18.2 Å². The molecule has 1 unspecified atom stereocenters. The fraction of sp³-hybridized carbons (Fsp3) is 0.571. The number of hydrogen-bond donors (Lipinski definition) is 1. The van der Waals surface area contributed by atoms with Gasteiger partial charge in [-0.3, -0.25) is 4.90 Å². The van der Waals surface area contributed by atoms with Gasteiger partial charge >= 0.3 is 0 Å². The van der Waals surface area contributed by atoms with Crippen molar-refractivity contribution in [2.45, 2.75) is 25.4 Å². The predicted molar refractivity (Wildman–Crippen MR) is 75.4 cm³/mol. The fourth-order valence-corrected chi connectivity index (χ4v) is 2.70. The van der Waals surface area contributed by atoms with Crippen LogP contribution >= 0.6 is 11.6 Å². The van der Waals surface area contributed by atoms with Crippen molar-refractivity contribution in [3.8, 4) is 5.75 Å². The molecule has 0 spiro atoms. The van der Waals surface area contributed by atoms with Crippen molar-refractivity contribution in [3.05, 3.63) is 28.8 Å². The number of methoxy groups -OCH3 is 1. The zero-order valence-corrected chi connectivity index (χ0v) is 11.8. The van der Waals surface area contributed by atoms with Crippen LogP contribution in [0.2, 0.25) is 5.02 Å². The molecule has 18 heavy (non-hydrogen) atoms. The van der Waals surface area contributed by atoms with Gasteiger partial charge in [-0.25, -0.2) is 0 Å². The minimum atomic E-state index is 0.583. The first-order valence-corrected chi connectivity index (χ1v) is 6.82. The summed E-state index contributed by atoms with van der Waals surface area (Å²) < 4.78 is 5.39. The molecular formula is C14H21ClN2O. The molecule has 1 fully saturated rings. The van der Waals surface area contributed by atoms with Crippen LogP contribution in [0.15, 0.2) is 18.2 Å². The third-order valence-electron chi connectivity index (χ3n) is 3.60. The van der Waals surface area contributed by atoms with Gasteiger partial charge in [0, 0.05) is 29.7 Å². The van der Waals surface area contributed by atoms with Gasteiger partial charge in [-0.2, -0.15) is 0 Å². The molecule has 1 atom stereocenters. The van der Waals surface area contributed by atoms with Gasteiger partial charge in [-0.1, -0.05) is 17.7 Å². The highest BCUT2D eigenvalue weighted by molar-refractivity contribution is 6.31. The van der Waals surface area contributed by atoms with E-state index < -0.39 is 0 Å². The van der Waals surface area contributed by atoms with E-state index >= 15 is 0 Å². The van der Waals surface area contributed by atoms with Crippen LogP contribution < -0.4 is 10.1 Å². The van der Waals surface area contributed by atoms with Crippen LogP contribution in [-0.4, -0.2) is 38.2 Å². The van der Waals surface area contributed by atoms with E-state index in [0.717, 1.165) is 36.0 Å². The number of piperidine rings is 1. The molecule has 100 valence electrons.